The van der Waals surface area contributed by atoms with Crippen LogP contribution in [0, 0.1) is 0 Å². The molecule has 0 aromatic heterocycles. The Hall–Kier alpha value is -0.810. The third-order valence-electron chi connectivity index (χ3n) is 4.22. The van der Waals surface area contributed by atoms with Crippen LogP contribution in [0.25, 0.3) is 0 Å². The van der Waals surface area contributed by atoms with Gasteiger partial charge in [0.05, 0.1) is 0 Å². The molecule has 0 radical (unpaired) electrons. The van der Waals surface area contributed by atoms with Crippen molar-refractivity contribution < 1.29 is 9.53 Å². The van der Waals surface area contributed by atoms with Crippen LogP contribution in [0.1, 0.15) is 66.2 Å². The van der Waals surface area contributed by atoms with Gasteiger partial charge in [-0.2, -0.15) is 0 Å². The maximum atomic E-state index is 11.9. The van der Waals surface area contributed by atoms with Gasteiger partial charge in [0.2, 0.25) is 0 Å². The summed E-state index contributed by atoms with van der Waals surface area (Å²) in [5.41, 5.74) is -0.442. The van der Waals surface area contributed by atoms with E-state index in [1.807, 2.05) is 20.8 Å². The Morgan fingerprint density at radius 1 is 1.30 bits per heavy atom. The first-order chi connectivity index (χ1) is 10.8. The summed E-state index contributed by atoms with van der Waals surface area (Å²) in [5.74, 6) is 0. The van der Waals surface area contributed by atoms with Gasteiger partial charge in [-0.15, -0.1) is 0 Å². The highest BCUT2D eigenvalue weighted by Gasteiger charge is 2.20. The molecule has 0 bridgehead atoms. The van der Waals surface area contributed by atoms with E-state index in [4.69, 9.17) is 4.74 Å². The van der Waals surface area contributed by atoms with Crippen molar-refractivity contribution in [2.75, 3.05) is 26.7 Å². The summed E-state index contributed by atoms with van der Waals surface area (Å²) < 4.78 is 5.33. The number of rotatable bonds is 7. The molecule has 1 rings (SSSR count). The van der Waals surface area contributed by atoms with Gasteiger partial charge in [-0.25, -0.2) is 4.79 Å². The van der Waals surface area contributed by atoms with E-state index < -0.39 is 5.60 Å². The third-order valence-corrected chi connectivity index (χ3v) is 4.22. The third kappa shape index (κ3) is 9.82. The van der Waals surface area contributed by atoms with Crippen LogP contribution in [0.3, 0.4) is 0 Å². The van der Waals surface area contributed by atoms with E-state index in [1.165, 1.54) is 38.6 Å². The summed E-state index contributed by atoms with van der Waals surface area (Å²) in [6.07, 6.45) is 6.79. The van der Waals surface area contributed by atoms with E-state index in [-0.39, 0.29) is 6.09 Å². The van der Waals surface area contributed by atoms with Crippen molar-refractivity contribution >= 4 is 6.09 Å². The average Bonchev–Trinajstić information content (AvgIpc) is 2.64. The van der Waals surface area contributed by atoms with Crippen LogP contribution < -0.4 is 10.6 Å². The molecule has 0 spiro atoms. The smallest absolute Gasteiger partial charge is 0.407 e. The highest BCUT2D eigenvalue weighted by molar-refractivity contribution is 5.67. The monoisotopic (exact) mass is 327 g/mol. The van der Waals surface area contributed by atoms with Gasteiger partial charge in [-0.1, -0.05) is 19.8 Å². The summed E-state index contributed by atoms with van der Waals surface area (Å²) in [6.45, 7) is 10.9. The molecule has 0 aromatic carbocycles. The number of carbonyl (C=O) groups excluding carboxylic acids is 1. The zero-order valence-electron chi connectivity index (χ0n) is 15.8. The van der Waals surface area contributed by atoms with E-state index in [1.54, 1.807) is 0 Å². The molecule has 1 saturated heterocycles. The molecule has 1 fully saturated rings. The lowest BCUT2D eigenvalue weighted by atomic mass is 10.0. The maximum absolute atomic E-state index is 11.9. The van der Waals surface area contributed by atoms with Crippen LogP contribution in [0.2, 0.25) is 0 Å². The van der Waals surface area contributed by atoms with Gasteiger partial charge >= 0.3 is 6.09 Å². The average molecular weight is 328 g/mol. The number of alkyl carbamates (subject to hydrolysis) is 1. The van der Waals surface area contributed by atoms with Crippen LogP contribution in [0.5, 0.6) is 0 Å². The van der Waals surface area contributed by atoms with Crippen molar-refractivity contribution in [2.24, 2.45) is 0 Å². The number of amides is 1. The molecule has 0 saturated carbocycles. The summed E-state index contributed by atoms with van der Waals surface area (Å²) >= 11 is 0. The molecule has 136 valence electrons. The van der Waals surface area contributed by atoms with E-state index in [0.29, 0.717) is 18.6 Å². The fourth-order valence-corrected chi connectivity index (χ4v) is 2.96. The molecule has 0 aromatic rings. The maximum Gasteiger partial charge on any atom is 0.407 e. The zero-order valence-corrected chi connectivity index (χ0v) is 15.8. The van der Waals surface area contributed by atoms with Crippen LogP contribution in [-0.2, 0) is 4.74 Å². The van der Waals surface area contributed by atoms with Crippen LogP contribution in [0.4, 0.5) is 4.79 Å². The Bertz CT molecular complexity index is 342. The molecule has 0 aliphatic carbocycles. The number of likely N-dealkylation sites (tertiary alicyclic amines) is 1. The molecule has 1 aliphatic heterocycles. The number of carbonyl (C=O) groups is 1. The Balaban J connectivity index is 2.43. The Labute approximate surface area is 142 Å². The van der Waals surface area contributed by atoms with Crippen molar-refractivity contribution in [1.82, 2.24) is 15.5 Å². The molecule has 2 unspecified atom stereocenters. The fraction of sp³-hybridized carbons (Fsp3) is 0.944. The van der Waals surface area contributed by atoms with Crippen molar-refractivity contribution in [3.8, 4) is 0 Å². The standard InChI is InChI=1S/C18H37N3O2/c1-6-7-9-16(14-19-17(22)23-18(2,3)4)20-15-10-8-12-21(5)13-11-15/h15-16,20H,6-14H2,1-5H3,(H,19,22). The number of hydrogen-bond acceptors (Lipinski definition) is 4. The van der Waals surface area contributed by atoms with Gasteiger partial charge in [0, 0.05) is 18.6 Å². The first-order valence-electron chi connectivity index (χ1n) is 9.21. The van der Waals surface area contributed by atoms with Gasteiger partial charge in [-0.3, -0.25) is 0 Å². The van der Waals surface area contributed by atoms with Crippen molar-refractivity contribution in [3.63, 3.8) is 0 Å². The summed E-state index contributed by atoms with van der Waals surface area (Å²) in [7, 11) is 2.20. The second kappa shape index (κ2) is 10.1. The summed E-state index contributed by atoms with van der Waals surface area (Å²) in [5, 5.41) is 6.70. The minimum atomic E-state index is -0.442. The molecule has 2 atom stereocenters. The molecule has 2 N–H and O–H groups in total. The fourth-order valence-electron chi connectivity index (χ4n) is 2.96. The lowest BCUT2D eigenvalue weighted by molar-refractivity contribution is 0.0520. The van der Waals surface area contributed by atoms with Crippen molar-refractivity contribution in [2.45, 2.75) is 83.9 Å². The van der Waals surface area contributed by atoms with Crippen LogP contribution >= 0.6 is 0 Å². The first-order valence-corrected chi connectivity index (χ1v) is 9.21. The molecule has 5 heteroatoms. The molecular formula is C18H37N3O2. The molecule has 1 heterocycles. The van der Waals surface area contributed by atoms with Crippen LogP contribution in [0.15, 0.2) is 0 Å². The Morgan fingerprint density at radius 2 is 2.04 bits per heavy atom. The topological polar surface area (TPSA) is 53.6 Å². The normalized spacial score (nSPS) is 21.5. The highest BCUT2D eigenvalue weighted by atomic mass is 16.6. The SMILES string of the molecule is CCCCC(CNC(=O)OC(C)(C)C)NC1CCCN(C)CC1. The van der Waals surface area contributed by atoms with Crippen LogP contribution in [-0.4, -0.2) is 55.4 Å². The van der Waals surface area contributed by atoms with Gasteiger partial charge in [0.25, 0.3) is 0 Å². The second-order valence-electron chi connectivity index (χ2n) is 7.82. The molecular weight excluding hydrogens is 290 g/mol. The second-order valence-corrected chi connectivity index (χ2v) is 7.82. The predicted molar refractivity (Wildman–Crippen MR) is 95.8 cm³/mol. The summed E-state index contributed by atoms with van der Waals surface area (Å²) in [4.78, 5) is 14.3. The van der Waals surface area contributed by atoms with E-state index in [2.05, 4.69) is 29.5 Å². The van der Waals surface area contributed by atoms with Gasteiger partial charge in [-0.05, 0) is 66.6 Å². The van der Waals surface area contributed by atoms with Crippen molar-refractivity contribution in [1.29, 1.82) is 0 Å². The molecule has 1 amide bonds. The minimum Gasteiger partial charge on any atom is -0.444 e. The number of nitrogens with one attached hydrogen (secondary N) is 2. The summed E-state index contributed by atoms with van der Waals surface area (Å²) in [6, 6.07) is 0.887. The number of unbranched alkanes of at least 4 members (excludes halogenated alkanes) is 1. The molecule has 1 aliphatic rings. The highest BCUT2D eigenvalue weighted by Crippen LogP contribution is 2.12. The number of hydrogen-bond donors (Lipinski definition) is 2. The predicted octanol–water partition coefficient (Wildman–Crippen LogP) is 3.14. The minimum absolute atomic E-state index is 0.318. The van der Waals surface area contributed by atoms with E-state index >= 15 is 0 Å². The van der Waals surface area contributed by atoms with E-state index in [9.17, 15) is 4.79 Å². The first kappa shape index (κ1) is 20.2. The van der Waals surface area contributed by atoms with Gasteiger partial charge in [0.15, 0.2) is 0 Å². The van der Waals surface area contributed by atoms with Gasteiger partial charge < -0.3 is 20.3 Å². The lowest BCUT2D eigenvalue weighted by Crippen LogP contribution is -2.46. The molecule has 5 nitrogen and oxygen atoms in total. The molecule has 23 heavy (non-hydrogen) atoms. The van der Waals surface area contributed by atoms with Crippen molar-refractivity contribution in [3.05, 3.63) is 0 Å². The number of ether oxygens (including phenoxy) is 1. The Morgan fingerprint density at radius 3 is 2.70 bits per heavy atom. The zero-order chi connectivity index (χ0) is 17.3. The van der Waals surface area contributed by atoms with Gasteiger partial charge in [0.1, 0.15) is 5.60 Å². The Kier molecular flexibility index (Phi) is 8.92. The van der Waals surface area contributed by atoms with E-state index in [0.717, 1.165) is 13.0 Å². The largest absolute Gasteiger partial charge is 0.444 e. The quantitative estimate of drug-likeness (QED) is 0.754. The lowest BCUT2D eigenvalue weighted by Gasteiger charge is -2.26. The number of nitrogens with zero attached hydrogens (tertiary/aromatic N) is 1.